The van der Waals surface area contributed by atoms with Gasteiger partial charge in [0.05, 0.1) is 16.5 Å². The van der Waals surface area contributed by atoms with Crippen molar-refractivity contribution >= 4 is 44.8 Å². The van der Waals surface area contributed by atoms with E-state index >= 15 is 0 Å². The van der Waals surface area contributed by atoms with E-state index in [2.05, 4.69) is 4.98 Å². The highest BCUT2D eigenvalue weighted by Gasteiger charge is 2.47. The Balaban J connectivity index is 1.89. The number of halogens is 1. The lowest BCUT2D eigenvalue weighted by Gasteiger charge is -2.24. The molecule has 0 saturated heterocycles. The number of benzene rings is 1. The molecule has 3 aromatic rings. The molecule has 0 aliphatic carbocycles. The summed E-state index contributed by atoms with van der Waals surface area (Å²) in [7, 11) is 0. The number of rotatable bonds is 5. The summed E-state index contributed by atoms with van der Waals surface area (Å²) >= 11 is 6.97. The van der Waals surface area contributed by atoms with Crippen molar-refractivity contribution in [2.24, 2.45) is 0 Å². The number of hydrogen-bond acceptors (Lipinski definition) is 8. The van der Waals surface area contributed by atoms with Gasteiger partial charge in [-0.1, -0.05) is 29.8 Å². The van der Waals surface area contributed by atoms with Crippen LogP contribution >= 0.6 is 22.9 Å². The second-order valence-electron chi connectivity index (χ2n) is 6.34. The molecule has 1 atom stereocenters. The maximum Gasteiger partial charge on any atom is 0.345 e. The zero-order chi connectivity index (χ0) is 21.6. The van der Waals surface area contributed by atoms with Gasteiger partial charge in [0.25, 0.3) is 5.91 Å². The van der Waals surface area contributed by atoms with Gasteiger partial charge >= 0.3 is 5.00 Å². The minimum Gasteiger partial charge on any atom is -0.503 e. The van der Waals surface area contributed by atoms with Crippen LogP contribution in [-0.2, 0) is 4.79 Å². The molecule has 30 heavy (non-hydrogen) atoms. The molecule has 0 saturated carbocycles. The van der Waals surface area contributed by atoms with Gasteiger partial charge in [0.2, 0.25) is 5.78 Å². The maximum atomic E-state index is 13.1. The number of nitrogens with zero attached hydrogens (tertiary/aromatic N) is 3. The van der Waals surface area contributed by atoms with Crippen LogP contribution < -0.4 is 4.90 Å². The van der Waals surface area contributed by atoms with Gasteiger partial charge in [0, 0.05) is 5.02 Å². The Labute approximate surface area is 178 Å². The fourth-order valence-corrected chi connectivity index (χ4v) is 4.17. The zero-order valence-electron chi connectivity index (χ0n) is 15.2. The number of carbonyl (C=O) groups excluding carboxylic acids is 2. The van der Waals surface area contributed by atoms with Crippen LogP contribution in [0.25, 0.3) is 0 Å². The number of thiazole rings is 1. The number of aliphatic hydroxyl groups excluding tert-OH is 1. The van der Waals surface area contributed by atoms with Crippen molar-refractivity contribution in [3.8, 4) is 0 Å². The Morgan fingerprint density at radius 1 is 1.33 bits per heavy atom. The van der Waals surface area contributed by atoms with Crippen molar-refractivity contribution in [1.82, 2.24) is 4.98 Å². The first kappa shape index (κ1) is 19.8. The lowest BCUT2D eigenvalue weighted by Crippen LogP contribution is -2.31. The molecule has 1 aliphatic rings. The van der Waals surface area contributed by atoms with E-state index in [1.807, 2.05) is 0 Å². The summed E-state index contributed by atoms with van der Waals surface area (Å²) in [5.74, 6) is -2.00. The van der Waals surface area contributed by atoms with Crippen LogP contribution in [0, 0.1) is 17.0 Å². The molecule has 11 heteroatoms. The molecule has 152 valence electrons. The van der Waals surface area contributed by atoms with Gasteiger partial charge < -0.3 is 9.52 Å². The number of Topliss-reactive ketones (excluding diaryl/α,β-unsaturated/α-hetero) is 1. The molecule has 4 rings (SSSR count). The van der Waals surface area contributed by atoms with Gasteiger partial charge in [-0.3, -0.25) is 24.6 Å². The Bertz CT molecular complexity index is 1230. The van der Waals surface area contributed by atoms with E-state index in [1.54, 1.807) is 37.3 Å². The SMILES string of the molecule is Cc1ccc(C(=O)C2=C(O)C(=O)N(c3ncc([N+](=O)[O-])s3)C2c2ccccc2Cl)o1. The highest BCUT2D eigenvalue weighted by Crippen LogP contribution is 2.45. The second-order valence-corrected chi connectivity index (χ2v) is 7.73. The number of amides is 1. The molecule has 0 radical (unpaired) electrons. The first-order valence-electron chi connectivity index (χ1n) is 8.52. The number of furan rings is 1. The number of hydrogen-bond donors (Lipinski definition) is 1. The lowest BCUT2D eigenvalue weighted by molar-refractivity contribution is -0.380. The van der Waals surface area contributed by atoms with Gasteiger partial charge in [-0.05, 0) is 42.0 Å². The number of nitro groups is 1. The summed E-state index contributed by atoms with van der Waals surface area (Å²) in [5.41, 5.74) is 0.0985. The highest BCUT2D eigenvalue weighted by atomic mass is 35.5. The summed E-state index contributed by atoms with van der Waals surface area (Å²) in [5, 5.41) is 21.5. The highest BCUT2D eigenvalue weighted by molar-refractivity contribution is 7.18. The molecule has 2 aromatic heterocycles. The fourth-order valence-electron chi connectivity index (χ4n) is 3.17. The summed E-state index contributed by atoms with van der Waals surface area (Å²) in [6.45, 7) is 1.65. The van der Waals surface area contributed by atoms with Crippen molar-refractivity contribution < 1.29 is 24.0 Å². The summed E-state index contributed by atoms with van der Waals surface area (Å²) in [4.78, 5) is 41.5. The van der Waals surface area contributed by atoms with Gasteiger partial charge in [-0.25, -0.2) is 4.98 Å². The van der Waals surface area contributed by atoms with Crippen LogP contribution in [0.3, 0.4) is 0 Å². The van der Waals surface area contributed by atoms with Crippen molar-refractivity contribution in [2.45, 2.75) is 13.0 Å². The molecular weight excluding hydrogens is 434 g/mol. The second kappa shape index (κ2) is 7.39. The third-order valence-corrected chi connectivity index (χ3v) is 5.78. The van der Waals surface area contributed by atoms with E-state index in [0.717, 1.165) is 11.1 Å². The van der Waals surface area contributed by atoms with Crippen molar-refractivity contribution in [1.29, 1.82) is 0 Å². The molecule has 0 fully saturated rings. The van der Waals surface area contributed by atoms with Gasteiger partial charge in [-0.2, -0.15) is 0 Å². The van der Waals surface area contributed by atoms with E-state index < -0.39 is 28.4 Å². The van der Waals surface area contributed by atoms with Crippen LogP contribution in [0.5, 0.6) is 0 Å². The Kier molecular flexibility index (Phi) is 4.88. The normalized spacial score (nSPS) is 16.4. The van der Waals surface area contributed by atoms with E-state index in [1.165, 1.54) is 6.07 Å². The first-order valence-corrected chi connectivity index (χ1v) is 9.71. The monoisotopic (exact) mass is 445 g/mol. The van der Waals surface area contributed by atoms with Crippen LogP contribution in [-0.4, -0.2) is 26.7 Å². The molecule has 0 bridgehead atoms. The van der Waals surface area contributed by atoms with Crippen molar-refractivity contribution in [3.05, 3.63) is 86.1 Å². The van der Waals surface area contributed by atoms with Gasteiger partial charge in [-0.15, -0.1) is 0 Å². The van der Waals surface area contributed by atoms with Gasteiger partial charge in [0.1, 0.15) is 12.0 Å². The minimum absolute atomic E-state index is 0.0541. The number of ketones is 1. The largest absolute Gasteiger partial charge is 0.503 e. The summed E-state index contributed by atoms with van der Waals surface area (Å²) < 4.78 is 5.37. The quantitative estimate of drug-likeness (QED) is 0.350. The molecule has 1 aromatic carbocycles. The topological polar surface area (TPSA) is 127 Å². The Morgan fingerprint density at radius 2 is 2.07 bits per heavy atom. The average Bonchev–Trinajstić information content (AvgIpc) is 3.41. The first-order chi connectivity index (χ1) is 14.3. The smallest absolute Gasteiger partial charge is 0.345 e. The number of anilines is 1. The van der Waals surface area contributed by atoms with Crippen LogP contribution in [0.4, 0.5) is 10.1 Å². The molecule has 1 amide bonds. The summed E-state index contributed by atoms with van der Waals surface area (Å²) in [6.07, 6.45) is 1.00. The zero-order valence-corrected chi connectivity index (χ0v) is 16.8. The van der Waals surface area contributed by atoms with E-state index in [4.69, 9.17) is 16.0 Å². The number of aryl methyl sites for hydroxylation is 1. The van der Waals surface area contributed by atoms with E-state index in [9.17, 15) is 24.8 Å². The maximum absolute atomic E-state index is 13.1. The fraction of sp³-hybridized carbons (Fsp3) is 0.105. The average molecular weight is 446 g/mol. The third kappa shape index (κ3) is 3.15. The standard InChI is InChI=1S/C19H12ClN3O6S/c1-9-6-7-12(29-9)16(24)14-15(10-4-2-3-5-11(10)20)22(18(26)17(14)25)19-21-8-13(30-19)23(27)28/h2-8,15,25H,1H3. The van der Waals surface area contributed by atoms with E-state index in [-0.39, 0.29) is 26.5 Å². The predicted octanol–water partition coefficient (Wildman–Crippen LogP) is 4.39. The minimum atomic E-state index is -1.14. The van der Waals surface area contributed by atoms with Crippen LogP contribution in [0.1, 0.15) is 27.9 Å². The lowest BCUT2D eigenvalue weighted by atomic mass is 9.95. The van der Waals surface area contributed by atoms with Crippen LogP contribution in [0.2, 0.25) is 5.02 Å². The Morgan fingerprint density at radius 3 is 2.67 bits per heavy atom. The van der Waals surface area contributed by atoms with Crippen molar-refractivity contribution in [3.63, 3.8) is 0 Å². The molecule has 1 aliphatic heterocycles. The number of aromatic nitrogens is 1. The predicted molar refractivity (Wildman–Crippen MR) is 108 cm³/mol. The molecule has 3 heterocycles. The van der Waals surface area contributed by atoms with E-state index in [0.29, 0.717) is 22.7 Å². The molecular formula is C19H12ClN3O6S. The van der Waals surface area contributed by atoms with Crippen LogP contribution in [0.15, 0.2) is 58.3 Å². The third-order valence-electron chi connectivity index (χ3n) is 4.48. The molecule has 1 unspecified atom stereocenters. The summed E-state index contributed by atoms with van der Waals surface area (Å²) in [6, 6.07) is 8.35. The van der Waals surface area contributed by atoms with Gasteiger partial charge in [0.15, 0.2) is 16.7 Å². The van der Waals surface area contributed by atoms with Crippen molar-refractivity contribution in [2.75, 3.05) is 4.90 Å². The molecule has 9 nitrogen and oxygen atoms in total. The molecule has 0 spiro atoms. The number of aliphatic hydroxyl groups is 1. The number of carbonyl (C=O) groups is 2. The Hall–Kier alpha value is -3.50. The molecule has 1 N–H and O–H groups in total.